The van der Waals surface area contributed by atoms with Gasteiger partial charge in [0, 0.05) is 12.8 Å². The van der Waals surface area contributed by atoms with E-state index in [0.717, 1.165) is 25.7 Å². The van der Waals surface area contributed by atoms with Crippen LogP contribution in [0.3, 0.4) is 0 Å². The van der Waals surface area contributed by atoms with Crippen LogP contribution in [-0.2, 0) is 38.0 Å². The van der Waals surface area contributed by atoms with Gasteiger partial charge in [-0.1, -0.05) is 20.3 Å². The normalized spacial score (nSPS) is 51.9. The number of carbonyl (C=O) groups excluding carboxylic acids is 2. The summed E-state index contributed by atoms with van der Waals surface area (Å²) in [6.07, 6.45) is 2.14. The number of fused-ring (bicyclic) bond motifs is 5. The Morgan fingerprint density at radius 3 is 2.48 bits per heavy atom. The van der Waals surface area contributed by atoms with Gasteiger partial charge in [-0.3, -0.25) is 4.79 Å². The van der Waals surface area contributed by atoms with E-state index in [9.17, 15) is 9.59 Å². The molecule has 160 valence electrons. The lowest BCUT2D eigenvalue weighted by Crippen LogP contribution is -2.42. The Morgan fingerprint density at radius 1 is 0.966 bits per heavy atom. The second kappa shape index (κ2) is 6.39. The Hall–Kier alpha value is -1.22. The largest absolute Gasteiger partial charge is 0.454 e. The van der Waals surface area contributed by atoms with Crippen molar-refractivity contribution in [2.75, 3.05) is 0 Å². The van der Waals surface area contributed by atoms with Crippen molar-refractivity contribution in [2.45, 2.75) is 101 Å². The highest BCUT2D eigenvalue weighted by molar-refractivity contribution is 5.83. The fourth-order valence-corrected chi connectivity index (χ4v) is 6.16. The van der Waals surface area contributed by atoms with Crippen LogP contribution in [0.15, 0.2) is 0 Å². The van der Waals surface area contributed by atoms with Gasteiger partial charge in [0.05, 0.1) is 18.1 Å². The Morgan fingerprint density at radius 2 is 1.76 bits per heavy atom. The Balaban J connectivity index is 1.13. The first-order chi connectivity index (χ1) is 14.0. The van der Waals surface area contributed by atoms with Gasteiger partial charge in [-0.25, -0.2) is 4.79 Å². The molecule has 6 aliphatic rings. The summed E-state index contributed by atoms with van der Waals surface area (Å²) in [4.78, 5) is 25.3. The first-order valence-corrected chi connectivity index (χ1v) is 11.0. The maximum atomic E-state index is 12.8. The van der Waals surface area contributed by atoms with Crippen molar-refractivity contribution in [3.05, 3.63) is 0 Å². The lowest BCUT2D eigenvalue weighted by Gasteiger charge is -2.33. The average Bonchev–Trinajstić information content (AvgIpc) is 3.47. The van der Waals surface area contributed by atoms with Crippen LogP contribution in [0.25, 0.3) is 0 Å². The predicted octanol–water partition coefficient (Wildman–Crippen LogP) is 1.68. The van der Waals surface area contributed by atoms with Crippen LogP contribution >= 0.6 is 0 Å². The molecule has 10 atom stereocenters. The molecule has 0 aromatic rings. The number of esters is 2. The van der Waals surface area contributed by atoms with Crippen molar-refractivity contribution in [2.24, 2.45) is 17.8 Å². The summed E-state index contributed by atoms with van der Waals surface area (Å²) in [5.74, 6) is -1.19. The van der Waals surface area contributed by atoms with Gasteiger partial charge in [-0.15, -0.1) is 0 Å². The van der Waals surface area contributed by atoms with Crippen molar-refractivity contribution in [3.8, 4) is 0 Å². The second-order valence-electron chi connectivity index (χ2n) is 9.60. The Bertz CT molecular complexity index is 715. The number of carbonyl (C=O) groups is 2. The van der Waals surface area contributed by atoms with Crippen LogP contribution < -0.4 is 0 Å². The van der Waals surface area contributed by atoms with Crippen molar-refractivity contribution < 1.29 is 38.0 Å². The fourth-order valence-electron chi connectivity index (χ4n) is 6.16. The summed E-state index contributed by atoms with van der Waals surface area (Å²) < 4.78 is 35.4. The molecule has 0 radical (unpaired) electrons. The van der Waals surface area contributed by atoms with E-state index < -0.39 is 48.4 Å². The molecule has 6 rings (SSSR count). The zero-order valence-corrected chi connectivity index (χ0v) is 16.8. The minimum Gasteiger partial charge on any atom is -0.454 e. The summed E-state index contributed by atoms with van der Waals surface area (Å²) in [6.45, 7) is 4.26. The maximum Gasteiger partial charge on any atom is 0.350 e. The molecular formula is C21H28O8. The van der Waals surface area contributed by atoms with Gasteiger partial charge in [-0.2, -0.15) is 0 Å². The van der Waals surface area contributed by atoms with E-state index in [-0.39, 0.29) is 18.1 Å². The first-order valence-electron chi connectivity index (χ1n) is 11.0. The first kappa shape index (κ1) is 18.5. The minimum atomic E-state index is -1.07. The van der Waals surface area contributed by atoms with E-state index in [1.54, 1.807) is 0 Å². The quantitative estimate of drug-likeness (QED) is 0.638. The number of rotatable bonds is 2. The number of hydrogen-bond donors (Lipinski definition) is 0. The van der Waals surface area contributed by atoms with Gasteiger partial charge in [0.1, 0.15) is 6.10 Å². The standard InChI is InChI=1S/C21H28O8/c1-9-10(2)13-11(8-12(9)24-13)18(22)26-16-14-15(25-19(16)23)17-20(27-14)29-21(28-17)6-4-3-5-7-21/h9-17,20H,3-8H2,1-2H3. The molecular weight excluding hydrogens is 380 g/mol. The molecule has 5 saturated heterocycles. The molecule has 5 aliphatic heterocycles. The van der Waals surface area contributed by atoms with Crippen LogP contribution in [0.4, 0.5) is 0 Å². The topological polar surface area (TPSA) is 89.5 Å². The molecule has 0 aromatic heterocycles. The second-order valence-corrected chi connectivity index (χ2v) is 9.60. The summed E-state index contributed by atoms with van der Waals surface area (Å²) >= 11 is 0. The van der Waals surface area contributed by atoms with E-state index >= 15 is 0 Å². The predicted molar refractivity (Wildman–Crippen MR) is 95.3 cm³/mol. The minimum absolute atomic E-state index is 0.0893. The zero-order valence-electron chi connectivity index (χ0n) is 16.8. The molecule has 8 nitrogen and oxygen atoms in total. The van der Waals surface area contributed by atoms with Crippen LogP contribution in [-0.4, -0.2) is 60.6 Å². The molecule has 8 heteroatoms. The van der Waals surface area contributed by atoms with Gasteiger partial charge in [0.25, 0.3) is 0 Å². The highest BCUT2D eigenvalue weighted by Crippen LogP contribution is 2.49. The monoisotopic (exact) mass is 408 g/mol. The summed E-state index contributed by atoms with van der Waals surface area (Å²) in [5.41, 5.74) is 0. The van der Waals surface area contributed by atoms with Gasteiger partial charge in [0.15, 0.2) is 24.3 Å². The van der Waals surface area contributed by atoms with Crippen molar-refractivity contribution in [3.63, 3.8) is 0 Å². The van der Waals surface area contributed by atoms with Crippen LogP contribution in [0, 0.1) is 17.8 Å². The van der Waals surface area contributed by atoms with Crippen LogP contribution in [0.1, 0.15) is 52.4 Å². The van der Waals surface area contributed by atoms with Gasteiger partial charge in [0.2, 0.25) is 6.10 Å². The Labute approximate surface area is 169 Å². The van der Waals surface area contributed by atoms with E-state index in [1.165, 1.54) is 6.42 Å². The zero-order chi connectivity index (χ0) is 19.9. The third-order valence-electron chi connectivity index (χ3n) is 7.98. The SMILES string of the molecule is CC1C2CC(C(=O)OC3C(=O)OC4C5OC6(CCCCC6)OC5OC34)C(O2)C1C. The molecule has 5 heterocycles. The molecule has 6 fully saturated rings. The molecule has 0 aromatic carbocycles. The van der Waals surface area contributed by atoms with E-state index in [4.69, 9.17) is 28.4 Å². The summed E-state index contributed by atoms with van der Waals surface area (Å²) in [6, 6.07) is 0. The van der Waals surface area contributed by atoms with Crippen molar-refractivity contribution in [1.82, 2.24) is 0 Å². The maximum absolute atomic E-state index is 12.8. The summed E-state index contributed by atoms with van der Waals surface area (Å²) in [5, 5.41) is 0. The summed E-state index contributed by atoms with van der Waals surface area (Å²) in [7, 11) is 0. The molecule has 1 aliphatic carbocycles. The molecule has 1 saturated carbocycles. The van der Waals surface area contributed by atoms with Gasteiger partial charge < -0.3 is 28.4 Å². The number of hydrogen-bond acceptors (Lipinski definition) is 8. The smallest absolute Gasteiger partial charge is 0.350 e. The molecule has 0 amide bonds. The third kappa shape index (κ3) is 2.65. The van der Waals surface area contributed by atoms with Crippen molar-refractivity contribution >= 4 is 11.9 Å². The van der Waals surface area contributed by atoms with Gasteiger partial charge in [-0.05, 0) is 31.1 Å². The van der Waals surface area contributed by atoms with E-state index in [0.29, 0.717) is 18.3 Å². The van der Waals surface area contributed by atoms with Crippen molar-refractivity contribution in [1.29, 1.82) is 0 Å². The molecule has 10 unspecified atom stereocenters. The molecule has 1 spiro atoms. The molecule has 2 bridgehead atoms. The highest BCUT2D eigenvalue weighted by atomic mass is 16.9. The van der Waals surface area contributed by atoms with E-state index in [1.807, 2.05) is 0 Å². The third-order valence-corrected chi connectivity index (χ3v) is 7.98. The van der Waals surface area contributed by atoms with E-state index in [2.05, 4.69) is 13.8 Å². The van der Waals surface area contributed by atoms with Gasteiger partial charge >= 0.3 is 11.9 Å². The molecule has 29 heavy (non-hydrogen) atoms. The molecule has 0 N–H and O–H groups in total. The van der Waals surface area contributed by atoms with Crippen LogP contribution in [0.2, 0.25) is 0 Å². The average molecular weight is 408 g/mol. The number of ether oxygens (including phenoxy) is 6. The lowest BCUT2D eigenvalue weighted by atomic mass is 9.76. The lowest BCUT2D eigenvalue weighted by molar-refractivity contribution is -0.246. The van der Waals surface area contributed by atoms with Crippen LogP contribution in [0.5, 0.6) is 0 Å². The fraction of sp³-hybridized carbons (Fsp3) is 0.905. The highest BCUT2D eigenvalue weighted by Gasteiger charge is 2.66. The Kier molecular flexibility index (Phi) is 4.08.